The van der Waals surface area contributed by atoms with Gasteiger partial charge in [0, 0.05) is 17.9 Å². The summed E-state index contributed by atoms with van der Waals surface area (Å²) in [5.41, 5.74) is 0. The van der Waals surface area contributed by atoms with Crippen molar-refractivity contribution in [2.75, 3.05) is 0 Å². The summed E-state index contributed by atoms with van der Waals surface area (Å²) >= 11 is 0. The summed E-state index contributed by atoms with van der Waals surface area (Å²) in [5, 5.41) is 0. The van der Waals surface area contributed by atoms with Crippen molar-refractivity contribution in [3.63, 3.8) is 0 Å². The van der Waals surface area contributed by atoms with Crippen molar-refractivity contribution >= 4 is 11.9 Å². The Balaban J connectivity index is 2.33. The summed E-state index contributed by atoms with van der Waals surface area (Å²) in [6, 6.07) is 0. The largest absolute Gasteiger partial charge is 0.453 e. The summed E-state index contributed by atoms with van der Waals surface area (Å²) in [6.45, 7) is 5.88. The number of carbonyl (C=O) groups is 2. The molecule has 0 heterocycles. The van der Waals surface area contributed by atoms with Crippen LogP contribution in [0.5, 0.6) is 0 Å². The molecule has 0 amide bonds. The lowest BCUT2D eigenvalue weighted by Crippen LogP contribution is -2.64. The van der Waals surface area contributed by atoms with Crippen molar-refractivity contribution in [3.05, 3.63) is 25.5 Å². The first-order valence-electron chi connectivity index (χ1n) is 8.76. The highest BCUT2D eigenvalue weighted by Gasteiger charge is 2.65. The Morgan fingerprint density at radius 2 is 1.07 bits per heavy atom. The van der Waals surface area contributed by atoms with E-state index in [4.69, 9.17) is 0 Å². The smallest absolute Gasteiger partial charge is 0.330 e. The average molecular weight is 450 g/mol. The minimum absolute atomic E-state index is 0.455. The van der Waals surface area contributed by atoms with Crippen LogP contribution in [-0.2, 0) is 19.1 Å². The van der Waals surface area contributed by atoms with Crippen molar-refractivity contribution in [1.29, 1.82) is 0 Å². The van der Waals surface area contributed by atoms with Crippen molar-refractivity contribution < 1.29 is 54.2 Å². The monoisotopic (exact) mass is 450 g/mol. The zero-order chi connectivity index (χ0) is 22.9. The molecule has 2 saturated carbocycles. The van der Waals surface area contributed by atoms with Crippen LogP contribution in [0.4, 0.5) is 35.1 Å². The molecule has 8 unspecified atom stereocenters. The molecule has 0 aromatic rings. The Morgan fingerprint density at radius 1 is 0.667 bits per heavy atom. The number of rotatable bonds is 5. The Hall–Kier alpha value is -2.14. The summed E-state index contributed by atoms with van der Waals surface area (Å²) in [5.74, 6) is -11.3. The van der Waals surface area contributed by atoms with Gasteiger partial charge < -0.3 is 9.47 Å². The van der Waals surface area contributed by atoms with Crippen molar-refractivity contribution in [3.8, 4) is 0 Å². The summed E-state index contributed by atoms with van der Waals surface area (Å²) in [4.78, 5) is 22.7. The maximum Gasteiger partial charge on any atom is 0.330 e. The van der Waals surface area contributed by atoms with Gasteiger partial charge in [0.25, 0.3) is 0 Å². The first kappa shape index (κ1) is 24.1. The highest BCUT2D eigenvalue weighted by atomic mass is 19.2. The molecule has 0 bridgehead atoms. The standard InChI is InChI=1S/C18H18F8O4/c1-3-5(27)30-17-15(25)11(21)7(12(22)16(17)26)6-9(19)13(23)8(14(24)10(6)20)18(28)29-4-2/h3-4,6-17H,1-2H2. The molecule has 30 heavy (non-hydrogen) atoms. The Labute approximate surface area is 165 Å². The van der Waals surface area contributed by atoms with E-state index >= 15 is 0 Å². The second kappa shape index (κ2) is 9.34. The van der Waals surface area contributed by atoms with Gasteiger partial charge in [-0.2, -0.15) is 0 Å². The lowest BCUT2D eigenvalue weighted by Gasteiger charge is -2.47. The van der Waals surface area contributed by atoms with Crippen LogP contribution in [0.1, 0.15) is 0 Å². The van der Waals surface area contributed by atoms with E-state index < -0.39 is 85.2 Å². The molecule has 0 saturated heterocycles. The quantitative estimate of drug-likeness (QED) is 0.279. The van der Waals surface area contributed by atoms with E-state index in [9.17, 15) is 44.7 Å². The van der Waals surface area contributed by atoms with E-state index in [1.807, 2.05) is 0 Å². The molecular weight excluding hydrogens is 432 g/mol. The van der Waals surface area contributed by atoms with Crippen LogP contribution < -0.4 is 0 Å². The average Bonchev–Trinajstić information content (AvgIpc) is 2.70. The third kappa shape index (κ3) is 4.04. The molecule has 2 fully saturated rings. The maximum atomic E-state index is 14.6. The minimum Gasteiger partial charge on any atom is -0.453 e. The van der Waals surface area contributed by atoms with E-state index in [1.54, 1.807) is 0 Å². The van der Waals surface area contributed by atoms with Crippen molar-refractivity contribution in [2.24, 2.45) is 17.8 Å². The van der Waals surface area contributed by atoms with Gasteiger partial charge in [-0.3, -0.25) is 4.79 Å². The maximum absolute atomic E-state index is 14.6. The zero-order valence-corrected chi connectivity index (χ0v) is 15.2. The zero-order valence-electron chi connectivity index (χ0n) is 15.2. The van der Waals surface area contributed by atoms with Crippen LogP contribution in [0, 0.1) is 17.8 Å². The van der Waals surface area contributed by atoms with Crippen LogP contribution in [-0.4, -0.2) is 67.4 Å². The van der Waals surface area contributed by atoms with E-state index in [2.05, 4.69) is 22.6 Å². The molecule has 0 aliphatic heterocycles. The fourth-order valence-corrected chi connectivity index (χ4v) is 3.89. The third-order valence-electron chi connectivity index (χ3n) is 5.34. The van der Waals surface area contributed by atoms with Gasteiger partial charge in [-0.1, -0.05) is 13.2 Å². The highest BCUT2D eigenvalue weighted by Crippen LogP contribution is 2.48. The number of hydrogen-bond donors (Lipinski definition) is 0. The highest BCUT2D eigenvalue weighted by molar-refractivity contribution is 5.81. The van der Waals surface area contributed by atoms with Crippen molar-refractivity contribution in [1.82, 2.24) is 0 Å². The van der Waals surface area contributed by atoms with Crippen LogP contribution >= 0.6 is 0 Å². The summed E-state index contributed by atoms with van der Waals surface area (Å²) in [6.07, 6.45) is -26.8. The number of ether oxygens (including phenoxy) is 2. The molecule has 2 aliphatic carbocycles. The Morgan fingerprint density at radius 3 is 1.43 bits per heavy atom. The number of hydrogen-bond acceptors (Lipinski definition) is 4. The van der Waals surface area contributed by atoms with Crippen LogP contribution in [0.2, 0.25) is 0 Å². The van der Waals surface area contributed by atoms with Gasteiger partial charge in [-0.25, -0.2) is 39.9 Å². The first-order chi connectivity index (χ1) is 14.0. The second-order valence-corrected chi connectivity index (χ2v) is 6.95. The molecule has 0 radical (unpaired) electrons. The fourth-order valence-electron chi connectivity index (χ4n) is 3.89. The van der Waals surface area contributed by atoms with Crippen LogP contribution in [0.3, 0.4) is 0 Å². The molecule has 0 spiro atoms. The lowest BCUT2D eigenvalue weighted by atomic mass is 9.65. The lowest BCUT2D eigenvalue weighted by molar-refractivity contribution is -0.193. The van der Waals surface area contributed by atoms with E-state index in [-0.39, 0.29) is 0 Å². The Kier molecular flexibility index (Phi) is 7.51. The van der Waals surface area contributed by atoms with E-state index in [1.165, 1.54) is 0 Å². The Bertz CT molecular complexity index is 647. The van der Waals surface area contributed by atoms with Gasteiger partial charge in [0.05, 0.1) is 6.26 Å². The van der Waals surface area contributed by atoms with Crippen LogP contribution in [0.15, 0.2) is 25.5 Å². The summed E-state index contributed by atoms with van der Waals surface area (Å²) in [7, 11) is 0. The molecule has 0 aromatic carbocycles. The minimum atomic E-state index is -3.19. The van der Waals surface area contributed by atoms with Gasteiger partial charge in [0.15, 0.2) is 18.4 Å². The summed E-state index contributed by atoms with van der Waals surface area (Å²) < 4.78 is 124. The number of halogens is 8. The van der Waals surface area contributed by atoms with Gasteiger partial charge in [-0.05, 0) is 0 Å². The third-order valence-corrected chi connectivity index (χ3v) is 5.34. The predicted molar refractivity (Wildman–Crippen MR) is 86.0 cm³/mol. The molecule has 12 heteroatoms. The number of alkyl halides is 8. The van der Waals surface area contributed by atoms with Crippen LogP contribution in [0.25, 0.3) is 0 Å². The fraction of sp³-hybridized carbons (Fsp3) is 0.667. The number of esters is 2. The predicted octanol–water partition coefficient (Wildman–Crippen LogP) is 3.35. The van der Waals surface area contributed by atoms with Gasteiger partial charge in [0.2, 0.25) is 0 Å². The van der Waals surface area contributed by atoms with Crippen molar-refractivity contribution in [2.45, 2.75) is 55.5 Å². The molecule has 8 atom stereocenters. The molecule has 2 rings (SSSR count). The van der Waals surface area contributed by atoms with Gasteiger partial charge >= 0.3 is 11.9 Å². The topological polar surface area (TPSA) is 52.6 Å². The molecule has 170 valence electrons. The molecular formula is C18H18F8O4. The van der Waals surface area contributed by atoms with Gasteiger partial charge in [0.1, 0.15) is 42.9 Å². The number of carbonyl (C=O) groups excluding carboxylic acids is 2. The normalized spacial score (nSPS) is 46.5. The van der Waals surface area contributed by atoms with E-state index in [0.29, 0.717) is 12.3 Å². The molecule has 0 N–H and O–H groups in total. The molecule has 0 aromatic heterocycles. The molecule has 2 aliphatic rings. The first-order valence-corrected chi connectivity index (χ1v) is 8.76. The second-order valence-electron chi connectivity index (χ2n) is 6.95. The SMILES string of the molecule is C=COC(=O)C1C(F)C(F)C(C2C(F)C(F)C(OC(=O)C=C)C(F)C2F)C(F)C1F. The van der Waals surface area contributed by atoms with Gasteiger partial charge in [-0.15, -0.1) is 0 Å². The van der Waals surface area contributed by atoms with E-state index in [0.717, 1.165) is 0 Å². The molecule has 4 nitrogen and oxygen atoms in total.